The van der Waals surface area contributed by atoms with Gasteiger partial charge in [-0.1, -0.05) is 0 Å². The van der Waals surface area contributed by atoms with E-state index < -0.39 is 0 Å². The Morgan fingerprint density at radius 2 is 2.00 bits per heavy atom. The molecule has 0 amide bonds. The smallest absolute Gasteiger partial charge is 0.177 e. The number of nitrogens with two attached hydrogens (primary N) is 2. The lowest BCUT2D eigenvalue weighted by Gasteiger charge is -2.24. The van der Waals surface area contributed by atoms with Gasteiger partial charge in [-0.15, -0.1) is 5.10 Å². The van der Waals surface area contributed by atoms with E-state index in [1.807, 2.05) is 31.3 Å². The van der Waals surface area contributed by atoms with Crippen LogP contribution in [0.15, 0.2) is 30.6 Å². The van der Waals surface area contributed by atoms with Crippen LogP contribution in [0.2, 0.25) is 0 Å². The summed E-state index contributed by atoms with van der Waals surface area (Å²) in [5, 5.41) is 7.77. The van der Waals surface area contributed by atoms with E-state index in [0.29, 0.717) is 17.8 Å². The van der Waals surface area contributed by atoms with Crippen LogP contribution in [-0.2, 0) is 0 Å². The van der Waals surface area contributed by atoms with Crippen LogP contribution >= 0.6 is 0 Å². The molecule has 3 aromatic rings. The van der Waals surface area contributed by atoms with E-state index in [1.54, 1.807) is 10.7 Å². The molecule has 3 aromatic heterocycles. The maximum absolute atomic E-state index is 6.02. The average Bonchev–Trinajstić information content (AvgIpc) is 2.99. The van der Waals surface area contributed by atoms with Gasteiger partial charge in [0.25, 0.3) is 0 Å². The van der Waals surface area contributed by atoms with Gasteiger partial charge in [0.15, 0.2) is 5.65 Å². The highest BCUT2D eigenvalue weighted by atomic mass is 15.3. The third-order valence-corrected chi connectivity index (χ3v) is 4.83. The molecule has 0 aromatic carbocycles. The van der Waals surface area contributed by atoms with Gasteiger partial charge in [0, 0.05) is 35.6 Å². The minimum Gasteiger partial charge on any atom is -0.382 e. The van der Waals surface area contributed by atoms with Gasteiger partial charge in [-0.3, -0.25) is 4.98 Å². The molecule has 1 aliphatic carbocycles. The van der Waals surface area contributed by atoms with E-state index in [-0.39, 0.29) is 0 Å². The molecule has 0 radical (unpaired) electrons. The summed E-state index contributed by atoms with van der Waals surface area (Å²) in [6.45, 7) is 1.96. The molecular formula is C18H23N7. The molecule has 7 heteroatoms. The molecule has 0 spiro atoms. The zero-order valence-electron chi connectivity index (χ0n) is 14.3. The average molecular weight is 337 g/mol. The molecule has 0 bridgehead atoms. The predicted octanol–water partition coefficient (Wildman–Crippen LogP) is 2.74. The van der Waals surface area contributed by atoms with Crippen molar-refractivity contribution < 1.29 is 0 Å². The number of nitrogen functional groups attached to an aromatic ring is 1. The Morgan fingerprint density at radius 3 is 2.76 bits per heavy atom. The first-order chi connectivity index (χ1) is 12.1. The van der Waals surface area contributed by atoms with E-state index >= 15 is 0 Å². The Labute approximate surface area is 146 Å². The summed E-state index contributed by atoms with van der Waals surface area (Å²) in [6.07, 6.45) is 8.03. The first-order valence-corrected chi connectivity index (χ1v) is 8.69. The molecule has 1 saturated carbocycles. The number of anilines is 3. The fourth-order valence-electron chi connectivity index (χ4n) is 3.50. The van der Waals surface area contributed by atoms with Crippen LogP contribution in [0.3, 0.4) is 0 Å². The number of aryl methyl sites for hydroxylation is 1. The van der Waals surface area contributed by atoms with Gasteiger partial charge in [-0.05, 0) is 44.7 Å². The molecule has 0 unspecified atom stereocenters. The fourth-order valence-corrected chi connectivity index (χ4v) is 3.50. The van der Waals surface area contributed by atoms with Gasteiger partial charge in [-0.2, -0.15) is 0 Å². The highest BCUT2D eigenvalue weighted by molar-refractivity contribution is 5.75. The minimum absolute atomic E-state index is 0.328. The molecule has 0 atom stereocenters. The summed E-state index contributed by atoms with van der Waals surface area (Å²) in [5.41, 5.74) is 16.6. The fraction of sp³-hybridized carbons (Fsp3) is 0.389. The summed E-state index contributed by atoms with van der Waals surface area (Å²) >= 11 is 0. The second-order valence-electron chi connectivity index (χ2n) is 6.84. The zero-order valence-corrected chi connectivity index (χ0v) is 14.3. The third kappa shape index (κ3) is 3.28. The zero-order chi connectivity index (χ0) is 17.4. The lowest BCUT2D eigenvalue weighted by atomic mass is 9.85. The molecule has 130 valence electrons. The lowest BCUT2D eigenvalue weighted by Crippen LogP contribution is -2.25. The number of hydrogen-bond donors (Lipinski definition) is 3. The molecule has 7 nitrogen and oxygen atoms in total. The highest BCUT2D eigenvalue weighted by Gasteiger charge is 2.23. The Hall–Kier alpha value is -2.67. The van der Waals surface area contributed by atoms with Crippen molar-refractivity contribution in [2.24, 2.45) is 5.73 Å². The van der Waals surface area contributed by atoms with Crippen molar-refractivity contribution in [1.29, 1.82) is 0 Å². The van der Waals surface area contributed by atoms with Gasteiger partial charge < -0.3 is 16.8 Å². The number of hydrogen-bond acceptors (Lipinski definition) is 6. The SMILES string of the molecule is Cc1cc(Nc2cc(N)nn3cc([C@H]4CC[C@H](N)CC4)nc23)ccn1. The van der Waals surface area contributed by atoms with Crippen molar-refractivity contribution in [1.82, 2.24) is 19.6 Å². The minimum atomic E-state index is 0.328. The van der Waals surface area contributed by atoms with Crippen LogP contribution < -0.4 is 16.8 Å². The van der Waals surface area contributed by atoms with Gasteiger partial charge in [0.2, 0.25) is 0 Å². The number of aromatic nitrogens is 4. The van der Waals surface area contributed by atoms with Crippen LogP contribution in [0.1, 0.15) is 43.0 Å². The summed E-state index contributed by atoms with van der Waals surface area (Å²) in [6, 6.07) is 6.05. The Bertz CT molecular complexity index is 894. The standard InChI is InChI=1S/C18H23N7/c1-11-8-14(6-7-21-11)22-15-9-17(20)24-25-10-16(23-18(15)25)12-2-4-13(19)5-3-12/h6-10,12-13H,2-5,19H2,1H3,(H2,20,24)(H,21,22)/t12-,13-. The molecule has 3 heterocycles. The van der Waals surface area contributed by atoms with Crippen molar-refractivity contribution >= 4 is 22.8 Å². The van der Waals surface area contributed by atoms with Crippen LogP contribution in [0.5, 0.6) is 0 Å². The molecule has 0 aliphatic heterocycles. The summed E-state index contributed by atoms with van der Waals surface area (Å²) in [5.74, 6) is 0.897. The number of nitrogens with one attached hydrogen (secondary N) is 1. The van der Waals surface area contributed by atoms with Crippen LogP contribution in [0, 0.1) is 6.92 Å². The second-order valence-corrected chi connectivity index (χ2v) is 6.84. The van der Waals surface area contributed by atoms with Gasteiger partial charge >= 0.3 is 0 Å². The number of pyridine rings is 1. The van der Waals surface area contributed by atoms with Crippen LogP contribution in [0.25, 0.3) is 5.65 Å². The first-order valence-electron chi connectivity index (χ1n) is 8.69. The normalized spacial score (nSPS) is 20.7. The summed E-state index contributed by atoms with van der Waals surface area (Å²) in [7, 11) is 0. The quantitative estimate of drug-likeness (QED) is 0.678. The number of imidazole rings is 1. The Balaban J connectivity index is 1.69. The second kappa shape index (κ2) is 6.33. The molecule has 1 aliphatic rings. The first kappa shape index (κ1) is 15.8. The molecule has 4 rings (SSSR count). The van der Waals surface area contributed by atoms with Crippen molar-refractivity contribution in [2.45, 2.75) is 44.6 Å². The lowest BCUT2D eigenvalue weighted by molar-refractivity contribution is 0.391. The number of fused-ring (bicyclic) bond motifs is 1. The topological polar surface area (TPSA) is 107 Å². The largest absolute Gasteiger partial charge is 0.382 e. The summed E-state index contributed by atoms with van der Waals surface area (Å²) in [4.78, 5) is 9.07. The van der Waals surface area contributed by atoms with E-state index in [2.05, 4.69) is 15.4 Å². The van der Waals surface area contributed by atoms with Crippen LogP contribution in [-0.4, -0.2) is 25.6 Å². The van der Waals surface area contributed by atoms with Gasteiger partial charge in [0.1, 0.15) is 5.82 Å². The monoisotopic (exact) mass is 337 g/mol. The van der Waals surface area contributed by atoms with Crippen molar-refractivity contribution in [3.63, 3.8) is 0 Å². The van der Waals surface area contributed by atoms with Crippen molar-refractivity contribution in [3.8, 4) is 0 Å². The van der Waals surface area contributed by atoms with Gasteiger partial charge in [-0.25, -0.2) is 9.50 Å². The van der Waals surface area contributed by atoms with E-state index in [1.165, 1.54) is 0 Å². The predicted molar refractivity (Wildman–Crippen MR) is 98.8 cm³/mol. The molecular weight excluding hydrogens is 314 g/mol. The number of nitrogens with zero attached hydrogens (tertiary/aromatic N) is 4. The third-order valence-electron chi connectivity index (χ3n) is 4.83. The highest BCUT2D eigenvalue weighted by Crippen LogP contribution is 2.33. The number of rotatable bonds is 3. The Kier molecular flexibility index (Phi) is 4.01. The molecule has 0 saturated heterocycles. The van der Waals surface area contributed by atoms with E-state index in [4.69, 9.17) is 16.5 Å². The van der Waals surface area contributed by atoms with Gasteiger partial charge in [0.05, 0.1) is 17.6 Å². The van der Waals surface area contributed by atoms with E-state index in [9.17, 15) is 0 Å². The maximum atomic E-state index is 6.02. The Morgan fingerprint density at radius 1 is 1.20 bits per heavy atom. The van der Waals surface area contributed by atoms with Crippen LogP contribution in [0.4, 0.5) is 17.2 Å². The maximum Gasteiger partial charge on any atom is 0.177 e. The van der Waals surface area contributed by atoms with E-state index in [0.717, 1.165) is 54.1 Å². The summed E-state index contributed by atoms with van der Waals surface area (Å²) < 4.78 is 1.77. The molecule has 1 fully saturated rings. The van der Waals surface area contributed by atoms with Crippen molar-refractivity contribution in [3.05, 3.63) is 42.0 Å². The molecule has 5 N–H and O–H groups in total. The molecule has 25 heavy (non-hydrogen) atoms. The van der Waals surface area contributed by atoms with Crippen molar-refractivity contribution in [2.75, 3.05) is 11.1 Å².